The fraction of sp³-hybridized carbons (Fsp3) is 0.350. The van der Waals surface area contributed by atoms with Crippen molar-refractivity contribution in [2.45, 2.75) is 30.5 Å². The van der Waals surface area contributed by atoms with Gasteiger partial charge in [-0.2, -0.15) is 4.31 Å². The van der Waals surface area contributed by atoms with E-state index in [1.807, 2.05) is 29.8 Å². The van der Waals surface area contributed by atoms with E-state index in [0.717, 1.165) is 30.9 Å². The van der Waals surface area contributed by atoms with Gasteiger partial charge in [-0.15, -0.1) is 11.3 Å². The first-order valence-corrected chi connectivity index (χ1v) is 11.4. The Morgan fingerprint density at radius 2 is 2.00 bits per heavy atom. The summed E-state index contributed by atoms with van der Waals surface area (Å²) in [7, 11) is -3.35. The summed E-state index contributed by atoms with van der Waals surface area (Å²) in [6, 6.07) is 13.8. The number of hydrogen-bond acceptors (Lipinski definition) is 4. The molecule has 0 saturated carbocycles. The molecule has 27 heavy (non-hydrogen) atoms. The summed E-state index contributed by atoms with van der Waals surface area (Å²) in [6.07, 6.45) is 3.59. The highest BCUT2D eigenvalue weighted by atomic mass is 32.2. The van der Waals surface area contributed by atoms with Gasteiger partial charge in [0.15, 0.2) is 0 Å². The molecule has 0 radical (unpaired) electrons. The van der Waals surface area contributed by atoms with Gasteiger partial charge < -0.3 is 4.57 Å². The Hall–Kier alpha value is -1.96. The normalized spacial score (nSPS) is 18.2. The van der Waals surface area contributed by atoms with E-state index in [2.05, 4.69) is 28.6 Å². The fourth-order valence-corrected chi connectivity index (χ4v) is 6.31. The average Bonchev–Trinajstić information content (AvgIpc) is 3.41. The van der Waals surface area contributed by atoms with Gasteiger partial charge in [0.05, 0.1) is 0 Å². The van der Waals surface area contributed by atoms with Gasteiger partial charge in [-0.25, -0.2) is 13.4 Å². The smallest absolute Gasteiger partial charge is 0.252 e. The Balaban J connectivity index is 1.47. The van der Waals surface area contributed by atoms with Gasteiger partial charge >= 0.3 is 0 Å². The van der Waals surface area contributed by atoms with Crippen LogP contribution in [0.5, 0.6) is 0 Å². The maximum atomic E-state index is 12.7. The number of imidazole rings is 1. The van der Waals surface area contributed by atoms with Crippen molar-refractivity contribution in [2.75, 3.05) is 13.1 Å². The zero-order valence-corrected chi connectivity index (χ0v) is 16.9. The van der Waals surface area contributed by atoms with Crippen LogP contribution in [-0.4, -0.2) is 35.4 Å². The van der Waals surface area contributed by atoms with Crippen LogP contribution >= 0.6 is 11.3 Å². The van der Waals surface area contributed by atoms with Crippen LogP contribution in [0.1, 0.15) is 23.5 Å². The van der Waals surface area contributed by atoms with Crippen molar-refractivity contribution in [1.82, 2.24) is 13.9 Å². The highest BCUT2D eigenvalue weighted by molar-refractivity contribution is 7.91. The monoisotopic (exact) mass is 401 g/mol. The van der Waals surface area contributed by atoms with E-state index in [4.69, 9.17) is 0 Å². The molecule has 4 rings (SSSR count). The Morgan fingerprint density at radius 3 is 2.74 bits per heavy atom. The Kier molecular flexibility index (Phi) is 5.16. The van der Waals surface area contributed by atoms with Gasteiger partial charge in [0, 0.05) is 37.9 Å². The molecular formula is C20H23N3O2S2. The lowest BCUT2D eigenvalue weighted by Crippen LogP contribution is -2.28. The van der Waals surface area contributed by atoms with Crippen LogP contribution in [0.3, 0.4) is 0 Å². The third-order valence-corrected chi connectivity index (χ3v) is 8.37. The summed E-state index contributed by atoms with van der Waals surface area (Å²) in [5.41, 5.74) is 2.38. The first-order chi connectivity index (χ1) is 13.0. The zero-order valence-electron chi connectivity index (χ0n) is 15.3. The van der Waals surface area contributed by atoms with Crippen molar-refractivity contribution < 1.29 is 8.42 Å². The number of sulfonamides is 1. The van der Waals surface area contributed by atoms with Crippen LogP contribution in [0.4, 0.5) is 0 Å². The summed E-state index contributed by atoms with van der Waals surface area (Å²) in [4.78, 5) is 4.61. The highest BCUT2D eigenvalue weighted by Gasteiger charge is 2.33. The van der Waals surface area contributed by atoms with Crippen LogP contribution in [0.25, 0.3) is 0 Å². The average molecular weight is 402 g/mol. The Bertz CT molecular complexity index is 995. The summed E-state index contributed by atoms with van der Waals surface area (Å²) in [5, 5.41) is 1.81. The summed E-state index contributed by atoms with van der Waals surface area (Å²) in [6.45, 7) is 4.02. The van der Waals surface area contributed by atoms with Gasteiger partial charge in [-0.1, -0.05) is 36.4 Å². The van der Waals surface area contributed by atoms with Crippen molar-refractivity contribution >= 4 is 21.4 Å². The van der Waals surface area contributed by atoms with E-state index in [9.17, 15) is 8.42 Å². The van der Waals surface area contributed by atoms with Gasteiger partial charge in [0.1, 0.15) is 10.0 Å². The molecule has 7 heteroatoms. The minimum atomic E-state index is -3.35. The molecule has 1 aliphatic rings. The molecule has 3 heterocycles. The molecule has 5 nitrogen and oxygen atoms in total. The second-order valence-corrected chi connectivity index (χ2v) is 10.2. The van der Waals surface area contributed by atoms with Gasteiger partial charge in [-0.05, 0) is 36.3 Å². The molecule has 142 valence electrons. The van der Waals surface area contributed by atoms with Gasteiger partial charge in [-0.3, -0.25) is 0 Å². The van der Waals surface area contributed by atoms with Gasteiger partial charge in [0.25, 0.3) is 10.0 Å². The van der Waals surface area contributed by atoms with Gasteiger partial charge in [0.2, 0.25) is 0 Å². The second-order valence-electron chi connectivity index (χ2n) is 7.04. The fourth-order valence-electron chi connectivity index (χ4n) is 3.63. The van der Waals surface area contributed by atoms with E-state index in [-0.39, 0.29) is 0 Å². The van der Waals surface area contributed by atoms with Crippen LogP contribution in [-0.2, 0) is 23.0 Å². The largest absolute Gasteiger partial charge is 0.328 e. The van der Waals surface area contributed by atoms with Crippen LogP contribution < -0.4 is 0 Å². The molecular weight excluding hydrogens is 378 g/mol. The predicted octanol–water partition coefficient (Wildman–Crippen LogP) is 3.55. The van der Waals surface area contributed by atoms with E-state index in [1.54, 1.807) is 16.4 Å². The molecule has 0 bridgehead atoms. The van der Waals surface area contributed by atoms with E-state index >= 15 is 0 Å². The van der Waals surface area contributed by atoms with Crippen LogP contribution in [0.15, 0.2) is 58.3 Å². The van der Waals surface area contributed by atoms with E-state index < -0.39 is 10.0 Å². The Morgan fingerprint density at radius 1 is 1.19 bits per heavy atom. The molecule has 1 unspecified atom stereocenters. The van der Waals surface area contributed by atoms with Crippen LogP contribution in [0.2, 0.25) is 0 Å². The number of aromatic nitrogens is 2. The lowest BCUT2D eigenvalue weighted by Gasteiger charge is -2.16. The molecule has 1 fully saturated rings. The van der Waals surface area contributed by atoms with Crippen molar-refractivity contribution in [2.24, 2.45) is 5.92 Å². The third kappa shape index (κ3) is 3.85. The summed E-state index contributed by atoms with van der Waals surface area (Å²) < 4.78 is 29.7. The third-order valence-electron chi connectivity index (χ3n) is 5.13. The molecule has 1 aliphatic heterocycles. The maximum absolute atomic E-state index is 12.7. The number of benzene rings is 1. The second kappa shape index (κ2) is 7.58. The minimum absolute atomic E-state index is 0.302. The van der Waals surface area contributed by atoms with Crippen molar-refractivity contribution in [3.8, 4) is 0 Å². The van der Waals surface area contributed by atoms with Crippen LogP contribution in [0, 0.1) is 12.8 Å². The molecule has 0 spiro atoms. The Labute approximate surface area is 164 Å². The quantitative estimate of drug-likeness (QED) is 0.635. The van der Waals surface area contributed by atoms with E-state index in [0.29, 0.717) is 23.2 Å². The lowest BCUT2D eigenvalue weighted by atomic mass is 10.0. The lowest BCUT2D eigenvalue weighted by molar-refractivity contribution is 0.452. The maximum Gasteiger partial charge on any atom is 0.252 e. The molecule has 1 atom stereocenters. The summed E-state index contributed by atoms with van der Waals surface area (Å²) >= 11 is 1.28. The molecule has 0 N–H and O–H groups in total. The number of rotatable bonds is 6. The van der Waals surface area contributed by atoms with Crippen molar-refractivity contribution in [3.63, 3.8) is 0 Å². The number of aryl methyl sites for hydroxylation is 1. The predicted molar refractivity (Wildman–Crippen MR) is 107 cm³/mol. The highest BCUT2D eigenvalue weighted by Crippen LogP contribution is 2.28. The molecule has 1 saturated heterocycles. The number of nitrogens with zero attached hydrogens (tertiary/aromatic N) is 3. The topological polar surface area (TPSA) is 55.2 Å². The first kappa shape index (κ1) is 18.4. The summed E-state index contributed by atoms with van der Waals surface area (Å²) in [5.74, 6) is 1.34. The number of hydrogen-bond donors (Lipinski definition) is 0. The standard InChI is InChI=1S/C20H23N3O2S2/c1-16-13-21-19(23(16)15-17-6-3-2-4-7-17)12-18-9-10-22(14-18)27(24,25)20-8-5-11-26-20/h2-8,11,13,18H,9-10,12,14-15H2,1H3. The molecule has 0 amide bonds. The zero-order chi connectivity index (χ0) is 18.9. The number of thiophene rings is 1. The first-order valence-electron chi connectivity index (χ1n) is 9.12. The molecule has 0 aliphatic carbocycles. The van der Waals surface area contributed by atoms with Crippen molar-refractivity contribution in [1.29, 1.82) is 0 Å². The molecule has 2 aromatic heterocycles. The molecule has 1 aromatic carbocycles. The van der Waals surface area contributed by atoms with Crippen molar-refractivity contribution in [3.05, 3.63) is 71.1 Å². The van der Waals surface area contributed by atoms with E-state index in [1.165, 1.54) is 16.9 Å². The minimum Gasteiger partial charge on any atom is -0.328 e. The molecule has 3 aromatic rings. The SMILES string of the molecule is Cc1cnc(CC2CCN(S(=O)(=O)c3cccs3)C2)n1Cc1ccccc1.